The van der Waals surface area contributed by atoms with Gasteiger partial charge in [0.1, 0.15) is 6.29 Å². The van der Waals surface area contributed by atoms with Crippen LogP contribution in [0, 0.1) is 22.0 Å². The Kier molecular flexibility index (Phi) is 6.79. The van der Waals surface area contributed by atoms with Crippen molar-refractivity contribution in [3.05, 3.63) is 46.0 Å². The highest BCUT2D eigenvalue weighted by Crippen LogP contribution is 2.21. The zero-order valence-corrected chi connectivity index (χ0v) is 11.3. The van der Waals surface area contributed by atoms with E-state index in [9.17, 15) is 14.9 Å². The second-order valence-electron chi connectivity index (χ2n) is 4.91. The van der Waals surface area contributed by atoms with Gasteiger partial charge in [0, 0.05) is 16.8 Å². The zero-order chi connectivity index (χ0) is 14.1. The molecule has 0 radical (unpaired) electrons. The number of aldehydes is 1. The molecule has 0 bridgehead atoms. The van der Waals surface area contributed by atoms with Gasteiger partial charge in [0.05, 0.1) is 0 Å². The summed E-state index contributed by atoms with van der Waals surface area (Å²) in [5, 5.41) is 10.7. The molecule has 19 heavy (non-hydrogen) atoms. The van der Waals surface area contributed by atoms with Gasteiger partial charge in [0.15, 0.2) is 0 Å². The molecule has 0 fully saturated rings. The number of benzene rings is 1. The second-order valence-corrected chi connectivity index (χ2v) is 4.91. The Labute approximate surface area is 114 Å². The Morgan fingerprint density at radius 1 is 1.32 bits per heavy atom. The highest BCUT2D eigenvalue weighted by molar-refractivity contribution is 5.55. The monoisotopic (exact) mass is 263 g/mol. The summed E-state index contributed by atoms with van der Waals surface area (Å²) in [5.74, 6) is -0.424. The van der Waals surface area contributed by atoms with Gasteiger partial charge >= 0.3 is 0 Å². The van der Waals surface area contributed by atoms with Crippen LogP contribution in [0.3, 0.4) is 0 Å². The Bertz CT molecular complexity index is 392. The Balaban J connectivity index is 2.71. The van der Waals surface area contributed by atoms with Crippen molar-refractivity contribution >= 4 is 6.29 Å². The van der Waals surface area contributed by atoms with E-state index in [1.165, 1.54) is 0 Å². The van der Waals surface area contributed by atoms with E-state index in [1.54, 1.807) is 0 Å². The van der Waals surface area contributed by atoms with E-state index in [-0.39, 0.29) is 23.3 Å². The van der Waals surface area contributed by atoms with E-state index in [0.29, 0.717) is 6.42 Å². The average molecular weight is 263 g/mol. The minimum atomic E-state index is -0.304. The highest BCUT2D eigenvalue weighted by Gasteiger charge is 2.25. The number of carbonyl (C=O) groups is 1. The van der Waals surface area contributed by atoms with Crippen molar-refractivity contribution in [1.29, 1.82) is 0 Å². The molecule has 0 aromatic heterocycles. The SMILES string of the molecule is CCCC[C@@H](C[N+](=O)[O-])[C@@H](C=O)Cc1ccccc1. The van der Waals surface area contributed by atoms with Crippen molar-refractivity contribution < 1.29 is 9.72 Å². The van der Waals surface area contributed by atoms with Crippen LogP contribution in [0.2, 0.25) is 0 Å². The Morgan fingerprint density at radius 3 is 2.53 bits per heavy atom. The third-order valence-electron chi connectivity index (χ3n) is 3.41. The molecule has 104 valence electrons. The van der Waals surface area contributed by atoms with Crippen molar-refractivity contribution in [3.8, 4) is 0 Å². The lowest BCUT2D eigenvalue weighted by Crippen LogP contribution is -2.26. The smallest absolute Gasteiger partial charge is 0.207 e. The number of hydrogen-bond donors (Lipinski definition) is 0. The van der Waals surface area contributed by atoms with Crippen LogP contribution in [-0.4, -0.2) is 17.8 Å². The Hall–Kier alpha value is -1.71. The van der Waals surface area contributed by atoms with E-state index in [2.05, 4.69) is 6.92 Å². The van der Waals surface area contributed by atoms with Crippen molar-refractivity contribution in [2.75, 3.05) is 6.54 Å². The van der Waals surface area contributed by atoms with E-state index < -0.39 is 0 Å². The molecule has 0 saturated carbocycles. The zero-order valence-electron chi connectivity index (χ0n) is 11.3. The fourth-order valence-corrected chi connectivity index (χ4v) is 2.31. The van der Waals surface area contributed by atoms with E-state index >= 15 is 0 Å². The molecule has 0 N–H and O–H groups in total. The predicted molar refractivity (Wildman–Crippen MR) is 74.6 cm³/mol. The van der Waals surface area contributed by atoms with Gasteiger partial charge in [-0.1, -0.05) is 50.1 Å². The standard InChI is InChI=1S/C15H21NO3/c1-2-3-9-14(11-16(18)19)15(12-17)10-13-7-5-4-6-8-13/h4-8,12,14-15H,2-3,9-11H2,1H3/t14-,15+/m0/s1. The summed E-state index contributed by atoms with van der Waals surface area (Å²) in [4.78, 5) is 21.7. The van der Waals surface area contributed by atoms with Crippen LogP contribution in [0.1, 0.15) is 31.7 Å². The summed E-state index contributed by atoms with van der Waals surface area (Å²) in [6, 6.07) is 9.68. The fraction of sp³-hybridized carbons (Fsp3) is 0.533. The lowest BCUT2D eigenvalue weighted by atomic mass is 9.84. The van der Waals surface area contributed by atoms with Crippen LogP contribution in [-0.2, 0) is 11.2 Å². The minimum absolute atomic E-state index is 0.115. The van der Waals surface area contributed by atoms with Gasteiger partial charge in [-0.15, -0.1) is 0 Å². The Morgan fingerprint density at radius 2 is 2.00 bits per heavy atom. The number of rotatable bonds is 9. The highest BCUT2D eigenvalue weighted by atomic mass is 16.6. The van der Waals surface area contributed by atoms with Gasteiger partial charge < -0.3 is 4.79 Å². The number of unbranched alkanes of at least 4 members (excludes halogenated alkanes) is 1. The molecule has 0 heterocycles. The molecule has 0 aliphatic rings. The fourth-order valence-electron chi connectivity index (χ4n) is 2.31. The summed E-state index contributed by atoms with van der Waals surface area (Å²) in [7, 11) is 0. The lowest BCUT2D eigenvalue weighted by Gasteiger charge is -2.19. The maximum Gasteiger partial charge on any atom is 0.207 e. The van der Waals surface area contributed by atoms with E-state index in [4.69, 9.17) is 0 Å². The first kappa shape index (κ1) is 15.3. The van der Waals surface area contributed by atoms with Crippen LogP contribution >= 0.6 is 0 Å². The van der Waals surface area contributed by atoms with E-state index in [1.807, 2.05) is 30.3 Å². The van der Waals surface area contributed by atoms with E-state index in [0.717, 1.165) is 31.1 Å². The average Bonchev–Trinajstić information content (AvgIpc) is 2.41. The van der Waals surface area contributed by atoms with Crippen molar-refractivity contribution in [2.45, 2.75) is 32.6 Å². The summed E-state index contributed by atoms with van der Waals surface area (Å²) in [6.07, 6.45) is 4.14. The second kappa shape index (κ2) is 8.40. The molecule has 1 aromatic carbocycles. The van der Waals surface area contributed by atoms with Crippen LogP contribution in [0.4, 0.5) is 0 Å². The quantitative estimate of drug-likeness (QED) is 0.390. The molecule has 4 nitrogen and oxygen atoms in total. The molecule has 0 spiro atoms. The molecular weight excluding hydrogens is 242 g/mol. The first-order valence-corrected chi connectivity index (χ1v) is 6.78. The molecule has 1 aromatic rings. The first-order valence-electron chi connectivity index (χ1n) is 6.78. The normalized spacial score (nSPS) is 13.7. The van der Waals surface area contributed by atoms with Gasteiger partial charge in [-0.3, -0.25) is 10.1 Å². The maximum absolute atomic E-state index is 11.3. The third-order valence-corrected chi connectivity index (χ3v) is 3.41. The lowest BCUT2D eigenvalue weighted by molar-refractivity contribution is -0.489. The summed E-state index contributed by atoms with van der Waals surface area (Å²) in [5.41, 5.74) is 1.06. The summed E-state index contributed by atoms with van der Waals surface area (Å²) < 4.78 is 0. The van der Waals surface area contributed by atoms with Gasteiger partial charge in [-0.2, -0.15) is 0 Å². The topological polar surface area (TPSA) is 60.2 Å². The summed E-state index contributed by atoms with van der Waals surface area (Å²) in [6.45, 7) is 1.94. The third kappa shape index (κ3) is 5.64. The number of nitrogens with zero attached hydrogens (tertiary/aromatic N) is 1. The number of carbonyl (C=O) groups excluding carboxylic acids is 1. The summed E-state index contributed by atoms with van der Waals surface area (Å²) >= 11 is 0. The molecular formula is C15H21NO3. The molecule has 0 aliphatic heterocycles. The number of hydrogen-bond acceptors (Lipinski definition) is 3. The molecule has 2 atom stereocenters. The van der Waals surface area contributed by atoms with Crippen LogP contribution in [0.5, 0.6) is 0 Å². The molecule has 0 saturated heterocycles. The maximum atomic E-state index is 11.3. The first-order chi connectivity index (χ1) is 9.17. The van der Waals surface area contributed by atoms with Gasteiger partial charge in [-0.05, 0) is 18.4 Å². The van der Waals surface area contributed by atoms with Gasteiger partial charge in [-0.25, -0.2) is 0 Å². The molecule has 4 heteroatoms. The largest absolute Gasteiger partial charge is 0.303 e. The van der Waals surface area contributed by atoms with Crippen molar-refractivity contribution in [1.82, 2.24) is 0 Å². The molecule has 0 unspecified atom stereocenters. The van der Waals surface area contributed by atoms with Crippen LogP contribution in [0.25, 0.3) is 0 Å². The molecule has 0 aliphatic carbocycles. The van der Waals surface area contributed by atoms with Crippen LogP contribution < -0.4 is 0 Å². The van der Waals surface area contributed by atoms with Gasteiger partial charge in [0.25, 0.3) is 0 Å². The van der Waals surface area contributed by atoms with Crippen molar-refractivity contribution in [2.24, 2.45) is 11.8 Å². The van der Waals surface area contributed by atoms with Crippen molar-refractivity contribution in [3.63, 3.8) is 0 Å². The van der Waals surface area contributed by atoms with Crippen LogP contribution in [0.15, 0.2) is 30.3 Å². The molecule has 1 rings (SSSR count). The predicted octanol–water partition coefficient (Wildman–Crippen LogP) is 3.13. The minimum Gasteiger partial charge on any atom is -0.303 e. The van der Waals surface area contributed by atoms with Gasteiger partial charge in [0.2, 0.25) is 6.54 Å². The number of nitro groups is 1. The molecule has 0 amide bonds.